The number of carbonyl (C=O) groups is 2. The molecule has 0 aromatic heterocycles. The molecule has 0 unspecified atom stereocenters. The molecule has 0 aliphatic carbocycles. The second-order valence-electron chi connectivity index (χ2n) is 11.1. The third-order valence-electron chi connectivity index (χ3n) is 7.53. The standard InChI is InChI=1S/C32H47N3O5/c1-23(2)34(31(36)17-25-11-8-7-9-12-25)21-27-19-33-20-28(27)22-35(24(3)4)32(37)26-13-14-29(39-6)30(18-26)40-16-10-15-38-5/h7-9,11-14,18,23-24,27-28,33H,10,15-17,19-22H2,1-6H3/t27-,28+/m1/s1. The van der Waals surface area contributed by atoms with Gasteiger partial charge in [0.1, 0.15) is 0 Å². The van der Waals surface area contributed by atoms with Crippen molar-refractivity contribution in [1.82, 2.24) is 15.1 Å². The third kappa shape index (κ3) is 8.70. The number of amides is 2. The highest BCUT2D eigenvalue weighted by molar-refractivity contribution is 5.95. The molecular weight excluding hydrogens is 506 g/mol. The summed E-state index contributed by atoms with van der Waals surface area (Å²) in [5.41, 5.74) is 1.60. The molecule has 8 heteroatoms. The van der Waals surface area contributed by atoms with Crippen molar-refractivity contribution in [2.24, 2.45) is 11.8 Å². The number of benzene rings is 2. The lowest BCUT2D eigenvalue weighted by molar-refractivity contribution is -0.133. The minimum Gasteiger partial charge on any atom is -0.493 e. The normalized spacial score (nSPS) is 16.8. The first-order valence-electron chi connectivity index (χ1n) is 14.4. The van der Waals surface area contributed by atoms with Crippen LogP contribution < -0.4 is 14.8 Å². The zero-order valence-electron chi connectivity index (χ0n) is 25.0. The highest BCUT2D eigenvalue weighted by Crippen LogP contribution is 2.30. The van der Waals surface area contributed by atoms with Gasteiger partial charge in [0, 0.05) is 64.0 Å². The quantitative estimate of drug-likeness (QED) is 0.332. The highest BCUT2D eigenvalue weighted by atomic mass is 16.5. The van der Waals surface area contributed by atoms with E-state index < -0.39 is 0 Å². The number of nitrogens with zero attached hydrogens (tertiary/aromatic N) is 2. The maximum absolute atomic E-state index is 13.8. The summed E-state index contributed by atoms with van der Waals surface area (Å²) in [6.45, 7) is 12.2. The van der Waals surface area contributed by atoms with Gasteiger partial charge in [0.05, 0.1) is 20.1 Å². The molecule has 2 aromatic carbocycles. The maximum Gasteiger partial charge on any atom is 0.254 e. The van der Waals surface area contributed by atoms with Gasteiger partial charge in [-0.3, -0.25) is 9.59 Å². The Labute approximate surface area is 240 Å². The van der Waals surface area contributed by atoms with Crippen LogP contribution >= 0.6 is 0 Å². The summed E-state index contributed by atoms with van der Waals surface area (Å²) in [5.74, 6) is 1.75. The highest BCUT2D eigenvalue weighted by Gasteiger charge is 2.34. The molecule has 1 aliphatic rings. The molecule has 2 aromatic rings. The maximum atomic E-state index is 13.8. The molecule has 220 valence electrons. The first kappa shape index (κ1) is 31.4. The molecule has 0 bridgehead atoms. The van der Waals surface area contributed by atoms with Crippen molar-refractivity contribution < 1.29 is 23.8 Å². The molecule has 0 radical (unpaired) electrons. The molecule has 1 heterocycles. The van der Waals surface area contributed by atoms with Gasteiger partial charge in [-0.05, 0) is 63.3 Å². The molecule has 1 aliphatic heterocycles. The second-order valence-corrected chi connectivity index (χ2v) is 11.1. The van der Waals surface area contributed by atoms with Crippen molar-refractivity contribution >= 4 is 11.8 Å². The number of ether oxygens (including phenoxy) is 3. The van der Waals surface area contributed by atoms with Gasteiger partial charge in [0.2, 0.25) is 5.91 Å². The Kier molecular flexibility index (Phi) is 12.3. The van der Waals surface area contributed by atoms with Gasteiger partial charge in [-0.1, -0.05) is 30.3 Å². The molecular formula is C32H47N3O5. The molecule has 1 fully saturated rings. The Hall–Kier alpha value is -3.10. The Balaban J connectivity index is 1.71. The van der Waals surface area contributed by atoms with Crippen LogP contribution in [0.15, 0.2) is 48.5 Å². The number of rotatable bonds is 15. The van der Waals surface area contributed by atoms with E-state index in [1.54, 1.807) is 32.4 Å². The number of carbonyl (C=O) groups excluding carboxylic acids is 2. The fraction of sp³-hybridized carbons (Fsp3) is 0.562. The summed E-state index contributed by atoms with van der Waals surface area (Å²) in [5, 5.41) is 3.51. The van der Waals surface area contributed by atoms with Gasteiger partial charge < -0.3 is 29.3 Å². The largest absolute Gasteiger partial charge is 0.493 e. The lowest BCUT2D eigenvalue weighted by atomic mass is 9.93. The summed E-state index contributed by atoms with van der Waals surface area (Å²) in [4.78, 5) is 31.0. The monoisotopic (exact) mass is 553 g/mol. The van der Waals surface area contributed by atoms with Gasteiger partial charge in [-0.2, -0.15) is 0 Å². The molecule has 1 N–H and O–H groups in total. The van der Waals surface area contributed by atoms with Crippen LogP contribution in [0.25, 0.3) is 0 Å². The fourth-order valence-electron chi connectivity index (χ4n) is 5.19. The average molecular weight is 554 g/mol. The van der Waals surface area contributed by atoms with Crippen LogP contribution in [0, 0.1) is 11.8 Å². The van der Waals surface area contributed by atoms with E-state index >= 15 is 0 Å². The van der Waals surface area contributed by atoms with Crippen LogP contribution in [0.1, 0.15) is 50.0 Å². The van der Waals surface area contributed by atoms with Crippen molar-refractivity contribution in [3.05, 3.63) is 59.7 Å². The van der Waals surface area contributed by atoms with Crippen LogP contribution in [0.4, 0.5) is 0 Å². The van der Waals surface area contributed by atoms with E-state index in [0.717, 1.165) is 25.1 Å². The summed E-state index contributed by atoms with van der Waals surface area (Å²) in [7, 11) is 3.26. The fourth-order valence-corrected chi connectivity index (χ4v) is 5.19. The van der Waals surface area contributed by atoms with E-state index in [2.05, 4.69) is 19.2 Å². The van der Waals surface area contributed by atoms with E-state index in [1.165, 1.54) is 0 Å². The first-order valence-corrected chi connectivity index (χ1v) is 14.4. The zero-order valence-corrected chi connectivity index (χ0v) is 25.0. The van der Waals surface area contributed by atoms with E-state index in [0.29, 0.717) is 49.8 Å². The van der Waals surface area contributed by atoms with Crippen molar-refractivity contribution in [2.45, 2.75) is 52.6 Å². The SMILES string of the molecule is COCCCOc1cc(C(=O)N(C[C@@H]2CNC[C@@H]2CN(C(=O)Cc2ccccc2)C(C)C)C(C)C)ccc1OC. The molecule has 2 atom stereocenters. The van der Waals surface area contributed by atoms with Crippen molar-refractivity contribution in [3.8, 4) is 11.5 Å². The van der Waals surface area contributed by atoms with E-state index in [-0.39, 0.29) is 35.7 Å². The topological polar surface area (TPSA) is 80.3 Å². The van der Waals surface area contributed by atoms with Gasteiger partial charge in [0.25, 0.3) is 5.91 Å². The lowest BCUT2D eigenvalue weighted by Gasteiger charge is -2.35. The van der Waals surface area contributed by atoms with Crippen molar-refractivity contribution in [1.29, 1.82) is 0 Å². The smallest absolute Gasteiger partial charge is 0.254 e. The summed E-state index contributed by atoms with van der Waals surface area (Å²) >= 11 is 0. The number of hydrogen-bond donors (Lipinski definition) is 1. The number of hydrogen-bond acceptors (Lipinski definition) is 6. The molecule has 3 rings (SSSR count). The predicted octanol–water partition coefficient (Wildman–Crippen LogP) is 4.28. The zero-order chi connectivity index (χ0) is 29.1. The Morgan fingerprint density at radius 1 is 0.875 bits per heavy atom. The molecule has 0 spiro atoms. The summed E-state index contributed by atoms with van der Waals surface area (Å²) in [6.07, 6.45) is 1.14. The van der Waals surface area contributed by atoms with Gasteiger partial charge in [-0.15, -0.1) is 0 Å². The summed E-state index contributed by atoms with van der Waals surface area (Å²) < 4.78 is 16.5. The Morgan fingerprint density at radius 2 is 1.52 bits per heavy atom. The van der Waals surface area contributed by atoms with Crippen LogP contribution in [-0.2, 0) is 16.0 Å². The summed E-state index contributed by atoms with van der Waals surface area (Å²) in [6, 6.07) is 15.4. The molecule has 1 saturated heterocycles. The van der Waals surface area contributed by atoms with E-state index in [4.69, 9.17) is 14.2 Å². The number of methoxy groups -OCH3 is 2. The average Bonchev–Trinajstić information content (AvgIpc) is 3.39. The minimum absolute atomic E-state index is 0.0165. The number of nitrogens with one attached hydrogen (secondary N) is 1. The van der Waals surface area contributed by atoms with Crippen molar-refractivity contribution in [3.63, 3.8) is 0 Å². The van der Waals surface area contributed by atoms with Crippen LogP contribution in [0.3, 0.4) is 0 Å². The van der Waals surface area contributed by atoms with Gasteiger partial charge in [0.15, 0.2) is 11.5 Å². The third-order valence-corrected chi connectivity index (χ3v) is 7.53. The molecule has 2 amide bonds. The second kappa shape index (κ2) is 15.6. The van der Waals surface area contributed by atoms with E-state index in [1.807, 2.05) is 54.0 Å². The van der Waals surface area contributed by atoms with E-state index in [9.17, 15) is 9.59 Å². The first-order chi connectivity index (χ1) is 19.2. The Morgan fingerprint density at radius 3 is 2.12 bits per heavy atom. The van der Waals surface area contributed by atoms with Crippen LogP contribution in [0.5, 0.6) is 11.5 Å². The van der Waals surface area contributed by atoms with Gasteiger partial charge >= 0.3 is 0 Å². The Bertz CT molecular complexity index is 1080. The van der Waals surface area contributed by atoms with Crippen molar-refractivity contribution in [2.75, 3.05) is 53.6 Å². The van der Waals surface area contributed by atoms with Gasteiger partial charge in [-0.25, -0.2) is 0 Å². The predicted molar refractivity (Wildman–Crippen MR) is 158 cm³/mol. The molecule has 0 saturated carbocycles. The molecule has 40 heavy (non-hydrogen) atoms. The lowest BCUT2D eigenvalue weighted by Crippen LogP contribution is -2.46. The van der Waals surface area contributed by atoms with Crippen LogP contribution in [0.2, 0.25) is 0 Å². The minimum atomic E-state index is -0.0362. The van der Waals surface area contributed by atoms with Crippen LogP contribution in [-0.4, -0.2) is 87.3 Å². The molecule has 8 nitrogen and oxygen atoms in total.